The van der Waals surface area contributed by atoms with Crippen molar-refractivity contribution in [3.05, 3.63) is 65.9 Å². The van der Waals surface area contributed by atoms with Gasteiger partial charge in [-0.15, -0.1) is 11.8 Å². The number of nitrogens with zero attached hydrogens (tertiary/aromatic N) is 6. The van der Waals surface area contributed by atoms with E-state index < -0.39 is 11.9 Å². The van der Waals surface area contributed by atoms with Gasteiger partial charge in [0.2, 0.25) is 0 Å². The van der Waals surface area contributed by atoms with Crippen molar-refractivity contribution >= 4 is 47.2 Å². The molecule has 4 fully saturated rings. The average Bonchev–Trinajstić information content (AvgIpc) is 3.25. The topological polar surface area (TPSA) is 191 Å². The van der Waals surface area contributed by atoms with Crippen molar-refractivity contribution in [3.63, 3.8) is 0 Å². The number of rotatable bonds is 14. The number of carbonyl (C=O) groups is 4. The third-order valence-electron chi connectivity index (χ3n) is 11.8. The van der Waals surface area contributed by atoms with Gasteiger partial charge in [0.25, 0.3) is 11.8 Å². The quantitative estimate of drug-likeness (QED) is 0.124. The van der Waals surface area contributed by atoms with Gasteiger partial charge in [-0.2, -0.15) is 0 Å². The minimum Gasteiger partial charge on any atom is -0.481 e. The molecule has 15 heteroatoms. The summed E-state index contributed by atoms with van der Waals surface area (Å²) in [4.78, 5) is 69.7. The summed E-state index contributed by atoms with van der Waals surface area (Å²) in [6.07, 6.45) is 23.1. The van der Waals surface area contributed by atoms with E-state index in [2.05, 4.69) is 35.4 Å². The number of aliphatic carboxylic acids is 2. The Hall–Kier alpha value is -4.79. The lowest BCUT2D eigenvalue weighted by atomic mass is 9.95. The van der Waals surface area contributed by atoms with Gasteiger partial charge in [0.1, 0.15) is 16.7 Å². The number of carboxylic acid groups (broad SMARTS) is 2. The second-order valence-electron chi connectivity index (χ2n) is 16.4. The van der Waals surface area contributed by atoms with Crippen molar-refractivity contribution in [2.75, 3.05) is 41.7 Å². The van der Waals surface area contributed by atoms with E-state index in [1.807, 2.05) is 24.3 Å². The number of amides is 2. The zero-order valence-corrected chi connectivity index (χ0v) is 34.9. The molecule has 0 aromatic carbocycles. The normalized spacial score (nSPS) is 20.2. The highest BCUT2D eigenvalue weighted by atomic mass is 32.2. The van der Waals surface area contributed by atoms with Crippen molar-refractivity contribution in [1.82, 2.24) is 30.6 Å². The summed E-state index contributed by atoms with van der Waals surface area (Å²) < 4.78 is 0. The van der Waals surface area contributed by atoms with Gasteiger partial charge in [-0.05, 0) is 87.5 Å². The number of carboxylic acids is 2. The number of pyridine rings is 2. The average molecular weight is 829 g/mol. The van der Waals surface area contributed by atoms with Gasteiger partial charge in [0.15, 0.2) is 0 Å². The maximum absolute atomic E-state index is 13.2. The van der Waals surface area contributed by atoms with E-state index >= 15 is 0 Å². The Kier molecular flexibility index (Phi) is 16.7. The summed E-state index contributed by atoms with van der Waals surface area (Å²) in [5.74, 6) is 1.06. The van der Waals surface area contributed by atoms with Crippen LogP contribution in [0.1, 0.15) is 129 Å². The SMILES string of the molecule is O=C(O)C[C@@H]1CCCN(c2ccc(C(=O)NC3CCCCC3)c(SCCc3cnccn3)n2)C1.O=C(O)C[C@@H]1CCCN(c2ccc(C(=O)NC3CCCCC3)cn2)C1. The fourth-order valence-electron chi connectivity index (χ4n) is 8.71. The first-order valence-electron chi connectivity index (χ1n) is 21.6. The largest absolute Gasteiger partial charge is 0.481 e. The van der Waals surface area contributed by atoms with Gasteiger partial charge in [-0.3, -0.25) is 29.1 Å². The van der Waals surface area contributed by atoms with Crippen LogP contribution in [0.5, 0.6) is 0 Å². The number of hydrogen-bond acceptors (Lipinski definition) is 11. The van der Waals surface area contributed by atoms with E-state index in [0.717, 1.165) is 112 Å². The molecule has 3 aromatic rings. The molecule has 2 saturated heterocycles. The number of thioether (sulfide) groups is 1. The first-order valence-corrected chi connectivity index (χ1v) is 22.6. The summed E-state index contributed by atoms with van der Waals surface area (Å²) in [5.41, 5.74) is 2.11. The van der Waals surface area contributed by atoms with Crippen molar-refractivity contribution in [1.29, 1.82) is 0 Å². The zero-order valence-electron chi connectivity index (χ0n) is 34.1. The Morgan fingerprint density at radius 3 is 1.81 bits per heavy atom. The molecule has 14 nitrogen and oxygen atoms in total. The lowest BCUT2D eigenvalue weighted by Gasteiger charge is -2.33. The summed E-state index contributed by atoms with van der Waals surface area (Å²) in [6, 6.07) is 8.01. The number of aromatic nitrogens is 4. The molecule has 0 spiro atoms. The van der Waals surface area contributed by atoms with Gasteiger partial charge >= 0.3 is 11.9 Å². The smallest absolute Gasteiger partial charge is 0.303 e. The molecule has 0 radical (unpaired) electrons. The van der Waals surface area contributed by atoms with Crippen molar-refractivity contribution in [2.45, 2.75) is 126 Å². The monoisotopic (exact) mass is 828 g/mol. The Labute approximate surface area is 351 Å². The number of hydrogen-bond donors (Lipinski definition) is 4. The lowest BCUT2D eigenvalue weighted by Crippen LogP contribution is -2.38. The van der Waals surface area contributed by atoms with Crippen LogP contribution in [0.3, 0.4) is 0 Å². The number of aryl methyl sites for hydroxylation is 1. The Bertz CT molecular complexity index is 1820. The van der Waals surface area contributed by atoms with Crippen LogP contribution in [0.25, 0.3) is 0 Å². The van der Waals surface area contributed by atoms with Crippen LogP contribution in [0.15, 0.2) is 54.1 Å². The summed E-state index contributed by atoms with van der Waals surface area (Å²) >= 11 is 1.56. The maximum atomic E-state index is 13.2. The highest BCUT2D eigenvalue weighted by Crippen LogP contribution is 2.30. The highest BCUT2D eigenvalue weighted by Gasteiger charge is 2.26. The summed E-state index contributed by atoms with van der Waals surface area (Å²) in [6.45, 7) is 3.13. The van der Waals surface area contributed by atoms with Crippen LogP contribution in [0, 0.1) is 11.8 Å². The number of piperidine rings is 2. The first-order chi connectivity index (χ1) is 28.7. The maximum Gasteiger partial charge on any atom is 0.303 e. The van der Waals surface area contributed by atoms with Crippen LogP contribution < -0.4 is 20.4 Å². The minimum atomic E-state index is -0.755. The standard InChI is InChI=1S/C25H33N5O3S.C19H27N3O3/c31-23(32)15-18-5-4-13-30(17-18)22-9-8-21(24(33)28-19-6-2-1-3-7-19)25(29-22)34-14-10-20-16-26-11-12-27-20;23-18(24)11-14-5-4-10-22(13-14)17-9-8-15(12-20-17)19(25)21-16-6-2-1-3-7-16/h8-9,11-12,16,18-19H,1-7,10,13-15,17H2,(H,28,33)(H,31,32);8-9,12,14,16H,1-7,10-11,13H2,(H,21,25)(H,23,24)/t18-;14-/m00/s1. The molecule has 2 amide bonds. The van der Waals surface area contributed by atoms with Crippen LogP contribution >= 0.6 is 11.8 Å². The van der Waals surface area contributed by atoms with E-state index in [4.69, 9.17) is 10.1 Å². The van der Waals surface area contributed by atoms with Crippen LogP contribution in [0.4, 0.5) is 11.6 Å². The molecule has 2 atom stereocenters. The molecule has 4 N–H and O–H groups in total. The van der Waals surface area contributed by atoms with Crippen LogP contribution in [0.2, 0.25) is 0 Å². The lowest BCUT2D eigenvalue weighted by molar-refractivity contribution is -0.139. The number of carbonyl (C=O) groups excluding carboxylic acids is 2. The van der Waals surface area contributed by atoms with Gasteiger partial charge in [0.05, 0.1) is 16.8 Å². The van der Waals surface area contributed by atoms with E-state index in [1.54, 1.807) is 36.5 Å². The molecule has 0 bridgehead atoms. The van der Waals surface area contributed by atoms with E-state index in [1.165, 1.54) is 25.7 Å². The van der Waals surface area contributed by atoms with E-state index in [0.29, 0.717) is 30.3 Å². The second-order valence-corrected chi connectivity index (χ2v) is 17.5. The van der Waals surface area contributed by atoms with Crippen molar-refractivity contribution in [2.24, 2.45) is 11.8 Å². The molecule has 4 aliphatic rings. The predicted molar refractivity (Wildman–Crippen MR) is 228 cm³/mol. The Morgan fingerprint density at radius 1 is 0.661 bits per heavy atom. The fourth-order valence-corrected chi connectivity index (χ4v) is 9.69. The Balaban J connectivity index is 0.000000208. The fraction of sp³-hybridized carbons (Fsp3) is 0.591. The van der Waals surface area contributed by atoms with Crippen LogP contribution in [-0.4, -0.2) is 97.9 Å². The molecule has 2 aliphatic heterocycles. The van der Waals surface area contributed by atoms with Crippen LogP contribution in [-0.2, 0) is 16.0 Å². The van der Waals surface area contributed by atoms with E-state index in [-0.39, 0.29) is 42.5 Å². The molecule has 318 valence electrons. The molecule has 2 aliphatic carbocycles. The van der Waals surface area contributed by atoms with Gasteiger partial charge in [-0.25, -0.2) is 9.97 Å². The highest BCUT2D eigenvalue weighted by molar-refractivity contribution is 7.99. The molecule has 59 heavy (non-hydrogen) atoms. The van der Waals surface area contributed by atoms with E-state index in [9.17, 15) is 24.3 Å². The second kappa shape index (κ2) is 22.5. The molecule has 3 aromatic heterocycles. The number of anilines is 2. The molecular formula is C44H60N8O6S. The van der Waals surface area contributed by atoms with Gasteiger partial charge < -0.3 is 30.6 Å². The predicted octanol–water partition coefficient (Wildman–Crippen LogP) is 6.80. The first kappa shape index (κ1) is 43.8. The van der Waals surface area contributed by atoms with Crippen molar-refractivity contribution in [3.8, 4) is 0 Å². The number of nitrogens with one attached hydrogen (secondary N) is 2. The molecular weight excluding hydrogens is 769 g/mol. The molecule has 7 rings (SSSR count). The van der Waals surface area contributed by atoms with Crippen molar-refractivity contribution < 1.29 is 29.4 Å². The summed E-state index contributed by atoms with van der Waals surface area (Å²) in [7, 11) is 0. The third kappa shape index (κ3) is 13.9. The third-order valence-corrected chi connectivity index (χ3v) is 12.8. The summed E-state index contributed by atoms with van der Waals surface area (Å²) in [5, 5.41) is 25.2. The molecule has 0 unspecified atom stereocenters. The van der Waals surface area contributed by atoms with Gasteiger partial charge in [0, 0.05) is 88.1 Å². The minimum absolute atomic E-state index is 0.0478. The molecule has 2 saturated carbocycles. The zero-order chi connectivity index (χ0) is 41.4. The molecule has 5 heterocycles. The Morgan fingerprint density at radius 2 is 1.25 bits per heavy atom. The van der Waals surface area contributed by atoms with Gasteiger partial charge in [-0.1, -0.05) is 38.5 Å².